The summed E-state index contributed by atoms with van der Waals surface area (Å²) in [5, 5.41) is 9.60. The lowest BCUT2D eigenvalue weighted by Crippen LogP contribution is -2.32. The van der Waals surface area contributed by atoms with Gasteiger partial charge >= 0.3 is 6.18 Å². The number of hydrogen-bond acceptors (Lipinski definition) is 4. The first-order valence-electron chi connectivity index (χ1n) is 6.00. The van der Waals surface area contributed by atoms with Crippen LogP contribution < -0.4 is 16.2 Å². The van der Waals surface area contributed by atoms with E-state index in [1.807, 2.05) is 13.8 Å². The third kappa shape index (κ3) is 5.49. The summed E-state index contributed by atoms with van der Waals surface area (Å²) < 4.78 is 37.1. The largest absolute Gasteiger partial charge is 0.408 e. The van der Waals surface area contributed by atoms with Crippen molar-refractivity contribution >= 4 is 21.6 Å². The first-order chi connectivity index (χ1) is 9.20. The molecule has 0 spiro atoms. The zero-order chi connectivity index (χ0) is 15.3. The number of rotatable bonds is 6. The molecule has 0 aliphatic carbocycles. The molecule has 1 aromatic heterocycles. The first-order valence-corrected chi connectivity index (χ1v) is 6.79. The molecular weight excluding hydrogens is 341 g/mol. The quantitative estimate of drug-likeness (QED) is 0.765. The summed E-state index contributed by atoms with van der Waals surface area (Å²) in [4.78, 5) is 11.7. The van der Waals surface area contributed by atoms with E-state index in [1.54, 1.807) is 0 Å². The molecule has 0 unspecified atom stereocenters. The predicted octanol–water partition coefficient (Wildman–Crippen LogP) is 1.98. The lowest BCUT2D eigenvalue weighted by Gasteiger charge is -2.13. The number of anilines is 1. The number of hydrogen-bond donors (Lipinski definition) is 2. The van der Waals surface area contributed by atoms with Gasteiger partial charge in [0.25, 0.3) is 5.56 Å². The van der Waals surface area contributed by atoms with E-state index in [4.69, 9.17) is 0 Å². The third-order valence-electron chi connectivity index (χ3n) is 2.31. The van der Waals surface area contributed by atoms with Crippen molar-refractivity contribution in [3.63, 3.8) is 0 Å². The molecule has 0 radical (unpaired) electrons. The van der Waals surface area contributed by atoms with Gasteiger partial charge in [0.05, 0.1) is 11.9 Å². The second kappa shape index (κ2) is 7.07. The molecule has 0 saturated carbocycles. The van der Waals surface area contributed by atoms with Gasteiger partial charge < -0.3 is 10.6 Å². The Hall–Kier alpha value is -1.09. The van der Waals surface area contributed by atoms with E-state index in [1.165, 1.54) is 6.20 Å². The van der Waals surface area contributed by atoms with Crippen LogP contribution >= 0.6 is 15.9 Å². The maximum absolute atomic E-state index is 12.2. The van der Waals surface area contributed by atoms with Crippen LogP contribution in [0.1, 0.15) is 13.8 Å². The van der Waals surface area contributed by atoms with Gasteiger partial charge in [-0.15, -0.1) is 0 Å². The highest BCUT2D eigenvalue weighted by Gasteiger charge is 2.29. The fourth-order valence-electron chi connectivity index (χ4n) is 1.43. The molecular formula is C11H16BrF3N4O. The summed E-state index contributed by atoms with van der Waals surface area (Å²) >= 11 is 3.00. The zero-order valence-electron chi connectivity index (χ0n) is 11.1. The molecule has 9 heteroatoms. The SMILES string of the molecule is CC(C)NCCNc1cnn(CC(F)(F)F)c(=O)c1Br. The van der Waals surface area contributed by atoms with E-state index >= 15 is 0 Å². The first kappa shape index (κ1) is 17.0. The predicted molar refractivity (Wildman–Crippen MR) is 73.9 cm³/mol. The summed E-state index contributed by atoms with van der Waals surface area (Å²) in [6.45, 7) is 3.78. The molecule has 0 amide bonds. The molecule has 2 N–H and O–H groups in total. The van der Waals surface area contributed by atoms with Crippen molar-refractivity contribution in [2.75, 3.05) is 18.4 Å². The molecule has 0 aliphatic rings. The molecule has 20 heavy (non-hydrogen) atoms. The van der Waals surface area contributed by atoms with Gasteiger partial charge in [0.1, 0.15) is 11.0 Å². The second-order valence-electron chi connectivity index (χ2n) is 4.49. The number of halogens is 4. The Morgan fingerprint density at radius 1 is 1.40 bits per heavy atom. The highest BCUT2D eigenvalue weighted by Crippen LogP contribution is 2.19. The van der Waals surface area contributed by atoms with Crippen molar-refractivity contribution in [1.82, 2.24) is 15.1 Å². The van der Waals surface area contributed by atoms with Crippen LogP contribution in [0.3, 0.4) is 0 Å². The molecule has 5 nitrogen and oxygen atoms in total. The molecule has 1 heterocycles. The smallest absolute Gasteiger partial charge is 0.381 e. The van der Waals surface area contributed by atoms with Gasteiger partial charge in [0.2, 0.25) is 0 Å². The van der Waals surface area contributed by atoms with Gasteiger partial charge in [0.15, 0.2) is 0 Å². The summed E-state index contributed by atoms with van der Waals surface area (Å²) in [5.74, 6) is 0. The van der Waals surface area contributed by atoms with Crippen molar-refractivity contribution in [1.29, 1.82) is 0 Å². The minimum atomic E-state index is -4.48. The van der Waals surface area contributed by atoms with Gasteiger partial charge in [-0.2, -0.15) is 18.3 Å². The Balaban J connectivity index is 2.72. The third-order valence-corrected chi connectivity index (χ3v) is 3.07. The Kier molecular flexibility index (Phi) is 6.00. The summed E-state index contributed by atoms with van der Waals surface area (Å²) in [6, 6.07) is 0.332. The normalized spacial score (nSPS) is 11.9. The fraction of sp³-hybridized carbons (Fsp3) is 0.636. The van der Waals surface area contributed by atoms with Crippen molar-refractivity contribution in [3.05, 3.63) is 21.0 Å². The molecule has 1 rings (SSSR count). The van der Waals surface area contributed by atoms with Crippen LogP contribution in [0, 0.1) is 0 Å². The monoisotopic (exact) mass is 356 g/mol. The molecule has 0 saturated heterocycles. The van der Waals surface area contributed by atoms with Crippen LogP contribution in [0.15, 0.2) is 15.5 Å². The molecule has 0 fully saturated rings. The molecule has 114 valence electrons. The van der Waals surface area contributed by atoms with E-state index < -0.39 is 18.3 Å². The maximum Gasteiger partial charge on any atom is 0.408 e. The van der Waals surface area contributed by atoms with Crippen molar-refractivity contribution in [2.45, 2.75) is 32.6 Å². The molecule has 1 aromatic rings. The lowest BCUT2D eigenvalue weighted by molar-refractivity contribution is -0.143. The van der Waals surface area contributed by atoms with Crippen LogP contribution in [-0.2, 0) is 6.54 Å². The van der Waals surface area contributed by atoms with Gasteiger partial charge in [-0.3, -0.25) is 4.79 Å². The summed E-state index contributed by atoms with van der Waals surface area (Å²) in [7, 11) is 0. The van der Waals surface area contributed by atoms with Crippen LogP contribution in [0.5, 0.6) is 0 Å². The van der Waals surface area contributed by atoms with E-state index in [2.05, 4.69) is 31.7 Å². The number of nitrogens with zero attached hydrogens (tertiary/aromatic N) is 2. The minimum Gasteiger partial charge on any atom is -0.381 e. The minimum absolute atomic E-state index is 0.0429. The fourth-order valence-corrected chi connectivity index (χ4v) is 1.88. The molecule has 0 aliphatic heterocycles. The van der Waals surface area contributed by atoms with Crippen LogP contribution in [0.4, 0.5) is 18.9 Å². The van der Waals surface area contributed by atoms with Gasteiger partial charge in [-0.25, -0.2) is 4.68 Å². The number of nitrogens with one attached hydrogen (secondary N) is 2. The number of alkyl halides is 3. The van der Waals surface area contributed by atoms with Crippen molar-refractivity contribution in [3.8, 4) is 0 Å². The van der Waals surface area contributed by atoms with Gasteiger partial charge in [-0.1, -0.05) is 13.8 Å². The van der Waals surface area contributed by atoms with Crippen molar-refractivity contribution < 1.29 is 13.2 Å². The van der Waals surface area contributed by atoms with Crippen LogP contribution in [0.2, 0.25) is 0 Å². The second-order valence-corrected chi connectivity index (χ2v) is 5.28. The van der Waals surface area contributed by atoms with E-state index in [9.17, 15) is 18.0 Å². The van der Waals surface area contributed by atoms with Crippen LogP contribution in [0.25, 0.3) is 0 Å². The highest BCUT2D eigenvalue weighted by molar-refractivity contribution is 9.10. The molecule has 0 atom stereocenters. The Bertz CT molecular complexity index is 501. The van der Waals surface area contributed by atoms with E-state index in [-0.39, 0.29) is 4.47 Å². The Labute approximate surface area is 122 Å². The van der Waals surface area contributed by atoms with E-state index in [0.29, 0.717) is 29.5 Å². The average Bonchev–Trinajstić information content (AvgIpc) is 2.31. The topological polar surface area (TPSA) is 59.0 Å². The highest BCUT2D eigenvalue weighted by atomic mass is 79.9. The standard InChI is InChI=1S/C11H16BrF3N4O/c1-7(2)16-3-4-17-8-5-18-19(6-11(13,14)15)10(20)9(8)12/h5,7,16-17H,3-4,6H2,1-2H3. The van der Waals surface area contributed by atoms with Crippen molar-refractivity contribution in [2.24, 2.45) is 0 Å². The molecule has 0 aromatic carbocycles. The van der Waals surface area contributed by atoms with Gasteiger partial charge in [-0.05, 0) is 15.9 Å². The summed E-state index contributed by atoms with van der Waals surface area (Å²) in [6.07, 6.45) is -3.28. The van der Waals surface area contributed by atoms with Crippen LogP contribution in [-0.4, -0.2) is 35.1 Å². The maximum atomic E-state index is 12.2. The lowest BCUT2D eigenvalue weighted by atomic mass is 10.4. The average molecular weight is 357 g/mol. The Morgan fingerprint density at radius 2 is 2.05 bits per heavy atom. The van der Waals surface area contributed by atoms with E-state index in [0.717, 1.165) is 0 Å². The number of aromatic nitrogens is 2. The van der Waals surface area contributed by atoms with Gasteiger partial charge in [0, 0.05) is 19.1 Å². The zero-order valence-corrected chi connectivity index (χ0v) is 12.7. The summed E-state index contributed by atoms with van der Waals surface area (Å²) in [5.41, 5.74) is -0.442. The molecule has 0 bridgehead atoms. The Morgan fingerprint density at radius 3 is 2.60 bits per heavy atom.